The first-order chi connectivity index (χ1) is 11.6. The Bertz CT molecular complexity index is 872. The number of methoxy groups -OCH3 is 1. The van der Waals surface area contributed by atoms with Crippen LogP contribution in [0, 0.1) is 6.92 Å². The van der Waals surface area contributed by atoms with Gasteiger partial charge in [-0.05, 0) is 43.2 Å². The number of aromatic nitrogens is 2. The number of pyridine rings is 1. The molecule has 3 aromatic rings. The summed E-state index contributed by atoms with van der Waals surface area (Å²) in [7, 11) is 1.64. The SMILES string of the molecule is COc1ccc(CCNC(=O)c2c(C)nc3ccc(Cl)cn23)cc1. The average molecular weight is 344 g/mol. The number of aryl methyl sites for hydroxylation is 1. The minimum absolute atomic E-state index is 0.157. The number of nitrogens with zero attached hydrogens (tertiary/aromatic N) is 2. The monoisotopic (exact) mass is 343 g/mol. The number of rotatable bonds is 5. The van der Waals surface area contributed by atoms with E-state index in [4.69, 9.17) is 16.3 Å². The van der Waals surface area contributed by atoms with Gasteiger partial charge in [0.15, 0.2) is 0 Å². The molecule has 0 saturated heterocycles. The molecule has 0 saturated carbocycles. The van der Waals surface area contributed by atoms with Crippen molar-refractivity contribution < 1.29 is 9.53 Å². The zero-order chi connectivity index (χ0) is 17.1. The number of carbonyl (C=O) groups is 1. The second-order valence-electron chi connectivity index (χ2n) is 5.48. The molecule has 1 N–H and O–H groups in total. The molecule has 0 atom stereocenters. The van der Waals surface area contributed by atoms with Crippen molar-refractivity contribution in [3.05, 3.63) is 64.6 Å². The molecule has 0 fully saturated rings. The number of ether oxygens (including phenoxy) is 1. The molecular weight excluding hydrogens is 326 g/mol. The van der Waals surface area contributed by atoms with Crippen molar-refractivity contribution in [1.82, 2.24) is 14.7 Å². The highest BCUT2D eigenvalue weighted by Gasteiger charge is 2.16. The predicted octanol–water partition coefficient (Wildman–Crippen LogP) is 3.28. The van der Waals surface area contributed by atoms with Crippen LogP contribution in [-0.2, 0) is 6.42 Å². The topological polar surface area (TPSA) is 55.6 Å². The van der Waals surface area contributed by atoms with E-state index >= 15 is 0 Å². The van der Waals surface area contributed by atoms with Gasteiger partial charge in [0.1, 0.15) is 17.1 Å². The maximum Gasteiger partial charge on any atom is 0.270 e. The largest absolute Gasteiger partial charge is 0.497 e. The van der Waals surface area contributed by atoms with Crippen LogP contribution in [0.1, 0.15) is 21.7 Å². The number of imidazole rings is 1. The van der Waals surface area contributed by atoms with Crippen molar-refractivity contribution in [2.24, 2.45) is 0 Å². The summed E-state index contributed by atoms with van der Waals surface area (Å²) in [6, 6.07) is 11.4. The van der Waals surface area contributed by atoms with Gasteiger partial charge in [0.25, 0.3) is 5.91 Å². The van der Waals surface area contributed by atoms with Crippen LogP contribution in [0.2, 0.25) is 5.02 Å². The molecule has 0 unspecified atom stereocenters. The molecule has 0 spiro atoms. The Morgan fingerprint density at radius 2 is 2.00 bits per heavy atom. The highest BCUT2D eigenvalue weighted by atomic mass is 35.5. The Balaban J connectivity index is 1.68. The summed E-state index contributed by atoms with van der Waals surface area (Å²) in [4.78, 5) is 16.9. The first kappa shape index (κ1) is 16.3. The van der Waals surface area contributed by atoms with E-state index in [0.29, 0.717) is 28.6 Å². The molecule has 1 amide bonds. The highest BCUT2D eigenvalue weighted by Crippen LogP contribution is 2.16. The van der Waals surface area contributed by atoms with Crippen LogP contribution in [0.5, 0.6) is 5.75 Å². The van der Waals surface area contributed by atoms with Gasteiger partial charge < -0.3 is 10.1 Å². The second kappa shape index (κ2) is 6.93. The molecule has 3 rings (SSSR count). The Hall–Kier alpha value is -2.53. The quantitative estimate of drug-likeness (QED) is 0.773. The van der Waals surface area contributed by atoms with E-state index in [9.17, 15) is 4.79 Å². The van der Waals surface area contributed by atoms with E-state index in [-0.39, 0.29) is 5.91 Å². The summed E-state index contributed by atoms with van der Waals surface area (Å²) in [5.74, 6) is 0.664. The lowest BCUT2D eigenvalue weighted by Crippen LogP contribution is -2.27. The molecule has 0 bridgehead atoms. The minimum Gasteiger partial charge on any atom is -0.497 e. The zero-order valence-corrected chi connectivity index (χ0v) is 14.3. The number of nitrogens with one attached hydrogen (secondary N) is 1. The van der Waals surface area contributed by atoms with Gasteiger partial charge in [-0.2, -0.15) is 0 Å². The van der Waals surface area contributed by atoms with E-state index in [1.54, 1.807) is 29.8 Å². The summed E-state index contributed by atoms with van der Waals surface area (Å²) in [5.41, 5.74) is 3.03. The fourth-order valence-corrected chi connectivity index (χ4v) is 2.77. The third-order valence-electron chi connectivity index (χ3n) is 3.83. The third kappa shape index (κ3) is 3.36. The maximum absolute atomic E-state index is 12.5. The number of benzene rings is 1. The average Bonchev–Trinajstić information content (AvgIpc) is 2.90. The Labute approximate surface area is 145 Å². The zero-order valence-electron chi connectivity index (χ0n) is 13.5. The van der Waals surface area contributed by atoms with Crippen molar-refractivity contribution in [3.8, 4) is 5.75 Å². The minimum atomic E-state index is -0.157. The molecule has 124 valence electrons. The van der Waals surface area contributed by atoms with E-state index < -0.39 is 0 Å². The first-order valence-corrected chi connectivity index (χ1v) is 8.01. The van der Waals surface area contributed by atoms with Crippen molar-refractivity contribution in [2.75, 3.05) is 13.7 Å². The fraction of sp³-hybridized carbons (Fsp3) is 0.222. The summed E-state index contributed by atoms with van der Waals surface area (Å²) in [6.07, 6.45) is 2.45. The van der Waals surface area contributed by atoms with Gasteiger partial charge in [0.05, 0.1) is 17.8 Å². The normalized spacial score (nSPS) is 10.8. The van der Waals surface area contributed by atoms with E-state index in [0.717, 1.165) is 17.7 Å². The van der Waals surface area contributed by atoms with Gasteiger partial charge >= 0.3 is 0 Å². The van der Waals surface area contributed by atoms with Crippen molar-refractivity contribution in [3.63, 3.8) is 0 Å². The van der Waals surface area contributed by atoms with Gasteiger partial charge in [0.2, 0.25) is 0 Å². The molecule has 2 heterocycles. The molecule has 0 aliphatic rings. The van der Waals surface area contributed by atoms with Crippen LogP contribution in [0.3, 0.4) is 0 Å². The molecule has 5 nitrogen and oxygen atoms in total. The summed E-state index contributed by atoms with van der Waals surface area (Å²) in [6.45, 7) is 2.36. The molecule has 0 aliphatic carbocycles. The summed E-state index contributed by atoms with van der Waals surface area (Å²) in [5, 5.41) is 3.50. The first-order valence-electron chi connectivity index (χ1n) is 7.64. The second-order valence-corrected chi connectivity index (χ2v) is 5.91. The number of fused-ring (bicyclic) bond motifs is 1. The van der Waals surface area contributed by atoms with Gasteiger partial charge in [-0.3, -0.25) is 9.20 Å². The predicted molar refractivity (Wildman–Crippen MR) is 94.0 cm³/mol. The number of halogens is 1. The standard InChI is InChI=1S/C18H18ClN3O2/c1-12-17(22-11-14(19)5-8-16(22)21-12)18(23)20-10-9-13-3-6-15(24-2)7-4-13/h3-8,11H,9-10H2,1-2H3,(H,20,23). The fourth-order valence-electron chi connectivity index (χ4n) is 2.61. The lowest BCUT2D eigenvalue weighted by molar-refractivity contribution is 0.0947. The maximum atomic E-state index is 12.5. The van der Waals surface area contributed by atoms with Crippen LogP contribution in [-0.4, -0.2) is 28.9 Å². The van der Waals surface area contributed by atoms with Crippen LogP contribution in [0.15, 0.2) is 42.6 Å². The van der Waals surface area contributed by atoms with Gasteiger partial charge in [-0.15, -0.1) is 0 Å². The van der Waals surface area contributed by atoms with Crippen LogP contribution in [0.4, 0.5) is 0 Å². The highest BCUT2D eigenvalue weighted by molar-refractivity contribution is 6.30. The molecule has 24 heavy (non-hydrogen) atoms. The van der Waals surface area contributed by atoms with Crippen molar-refractivity contribution in [2.45, 2.75) is 13.3 Å². The van der Waals surface area contributed by atoms with Crippen molar-refractivity contribution in [1.29, 1.82) is 0 Å². The van der Waals surface area contributed by atoms with Crippen molar-refractivity contribution >= 4 is 23.2 Å². The molecule has 0 radical (unpaired) electrons. The number of amides is 1. The number of carbonyl (C=O) groups excluding carboxylic acids is 1. The lowest BCUT2D eigenvalue weighted by Gasteiger charge is -2.07. The summed E-state index contributed by atoms with van der Waals surface area (Å²) >= 11 is 6.02. The number of hydrogen-bond donors (Lipinski definition) is 1. The number of hydrogen-bond acceptors (Lipinski definition) is 3. The Morgan fingerprint density at radius 3 is 2.71 bits per heavy atom. The van der Waals surface area contributed by atoms with Gasteiger partial charge in [0, 0.05) is 12.7 Å². The molecule has 0 aliphatic heterocycles. The Morgan fingerprint density at radius 1 is 1.25 bits per heavy atom. The van der Waals surface area contributed by atoms with Crippen LogP contribution in [0.25, 0.3) is 5.65 Å². The lowest BCUT2D eigenvalue weighted by atomic mass is 10.1. The Kier molecular flexibility index (Phi) is 4.71. The molecular formula is C18H18ClN3O2. The smallest absolute Gasteiger partial charge is 0.270 e. The molecule has 1 aromatic carbocycles. The van der Waals surface area contributed by atoms with Crippen LogP contribution < -0.4 is 10.1 Å². The van der Waals surface area contributed by atoms with E-state index in [1.807, 2.05) is 31.2 Å². The van der Waals surface area contributed by atoms with Gasteiger partial charge in [-0.25, -0.2) is 4.98 Å². The third-order valence-corrected chi connectivity index (χ3v) is 4.05. The molecule has 6 heteroatoms. The van der Waals surface area contributed by atoms with E-state index in [1.165, 1.54) is 0 Å². The van der Waals surface area contributed by atoms with E-state index in [2.05, 4.69) is 10.3 Å². The molecule has 2 aromatic heterocycles. The van der Waals surface area contributed by atoms with Gasteiger partial charge in [-0.1, -0.05) is 23.7 Å². The van der Waals surface area contributed by atoms with Crippen LogP contribution >= 0.6 is 11.6 Å². The summed E-state index contributed by atoms with van der Waals surface area (Å²) < 4.78 is 6.86.